The van der Waals surface area contributed by atoms with Gasteiger partial charge in [0.05, 0.1) is 0 Å². The van der Waals surface area contributed by atoms with E-state index in [9.17, 15) is 9.59 Å². The van der Waals surface area contributed by atoms with Crippen molar-refractivity contribution in [1.29, 1.82) is 0 Å². The van der Waals surface area contributed by atoms with E-state index in [1.54, 1.807) is 0 Å². The van der Waals surface area contributed by atoms with Gasteiger partial charge in [0.25, 0.3) is 0 Å². The number of allylic oxidation sites excluding steroid dienone is 8. The molecule has 0 bridgehead atoms. The van der Waals surface area contributed by atoms with E-state index in [1.165, 1.54) is 21.5 Å². The molecule has 0 saturated heterocycles. The summed E-state index contributed by atoms with van der Waals surface area (Å²) < 4.78 is 0. The van der Waals surface area contributed by atoms with Gasteiger partial charge in [0.1, 0.15) is 0 Å². The molecule has 2 aliphatic rings. The summed E-state index contributed by atoms with van der Waals surface area (Å²) in [5.74, 6) is 0.0791. The zero-order valence-corrected chi connectivity index (χ0v) is 28.4. The minimum Gasteiger partial charge on any atom is -0.374 e. The van der Waals surface area contributed by atoms with Crippen LogP contribution in [0.1, 0.15) is 47.4 Å². The van der Waals surface area contributed by atoms with Gasteiger partial charge >= 0.3 is 0 Å². The van der Waals surface area contributed by atoms with Crippen molar-refractivity contribution in [2.24, 2.45) is 0 Å². The average molecular weight is 693 g/mol. The molecule has 37 heavy (non-hydrogen) atoms. The molecule has 4 rings (SSSR count). The number of hydrogen-bond donors (Lipinski definition) is 2. The van der Waals surface area contributed by atoms with Crippen molar-refractivity contribution in [3.05, 3.63) is 118 Å². The Kier molecular flexibility index (Phi) is 11.2. The van der Waals surface area contributed by atoms with Crippen LogP contribution in [-0.4, -0.2) is 28.3 Å². The number of carbonyl (C=O) groups is 2. The maximum Gasteiger partial charge on any atom is 0.243 e. The van der Waals surface area contributed by atoms with Gasteiger partial charge in [-0.15, -0.1) is 0 Å². The molecule has 0 saturated carbocycles. The number of hydrogen-bond acceptors (Lipinski definition) is 2. The Balaban J connectivity index is 0.000000253. The minimum absolute atomic E-state index is 0. The van der Waals surface area contributed by atoms with Crippen LogP contribution in [0.2, 0.25) is 26.2 Å². The SMILES string of the molecule is CC1=CCC([Si](C)(C)NC(=O)c2ccccc2)=C1.CC1=CCC([Si](C)(C)NC(=O)c2ccccc2)=C1.[Hf]. The molecule has 0 heterocycles. The van der Waals surface area contributed by atoms with Crippen LogP contribution >= 0.6 is 0 Å². The Morgan fingerprint density at radius 3 is 1.22 bits per heavy atom. The fraction of sp³-hybridized carbons (Fsp3) is 0.267. The number of nitrogens with one attached hydrogen (secondary N) is 2. The topological polar surface area (TPSA) is 58.2 Å². The van der Waals surface area contributed by atoms with Crippen molar-refractivity contribution in [2.75, 3.05) is 0 Å². The summed E-state index contributed by atoms with van der Waals surface area (Å²) in [4.78, 5) is 30.8. The van der Waals surface area contributed by atoms with Gasteiger partial charge in [-0.1, -0.05) is 82.2 Å². The fourth-order valence-corrected chi connectivity index (χ4v) is 8.40. The summed E-state index contributed by atoms with van der Waals surface area (Å²) in [5.41, 5.74) is 4.08. The van der Waals surface area contributed by atoms with Crippen LogP contribution in [0, 0.1) is 0 Å². The molecule has 192 valence electrons. The molecular formula is C30H38HfN2O2Si2. The summed E-state index contributed by atoms with van der Waals surface area (Å²) in [6.45, 7) is 13.0. The van der Waals surface area contributed by atoms with Gasteiger partial charge in [-0.2, -0.15) is 0 Å². The quantitative estimate of drug-likeness (QED) is 0.325. The van der Waals surface area contributed by atoms with Gasteiger partial charge in [-0.05, 0) is 77.1 Å². The predicted octanol–water partition coefficient (Wildman–Crippen LogP) is 6.87. The Hall–Kier alpha value is -2.36. The summed E-state index contributed by atoms with van der Waals surface area (Å²) in [7, 11) is -3.70. The second-order valence-corrected chi connectivity index (χ2v) is 18.8. The number of amides is 2. The molecule has 2 amide bonds. The summed E-state index contributed by atoms with van der Waals surface area (Å²) in [6, 6.07) is 18.8. The molecule has 4 nitrogen and oxygen atoms in total. The first-order chi connectivity index (χ1) is 17.0. The molecule has 0 radical (unpaired) electrons. The largest absolute Gasteiger partial charge is 0.374 e. The zero-order chi connectivity index (χ0) is 26.3. The maximum absolute atomic E-state index is 12.2. The molecule has 0 spiro atoms. The smallest absolute Gasteiger partial charge is 0.243 e. The first-order valence-electron chi connectivity index (χ1n) is 12.5. The molecule has 0 aromatic heterocycles. The van der Waals surface area contributed by atoms with E-state index in [1.807, 2.05) is 60.7 Å². The van der Waals surface area contributed by atoms with Gasteiger partial charge in [0, 0.05) is 37.0 Å². The molecule has 2 aliphatic carbocycles. The molecule has 2 aromatic carbocycles. The Morgan fingerprint density at radius 2 is 0.946 bits per heavy atom. The van der Waals surface area contributed by atoms with Crippen molar-refractivity contribution in [3.63, 3.8) is 0 Å². The fourth-order valence-electron chi connectivity index (χ4n) is 4.25. The van der Waals surface area contributed by atoms with Gasteiger partial charge in [-0.3, -0.25) is 9.59 Å². The van der Waals surface area contributed by atoms with Crippen LogP contribution < -0.4 is 9.96 Å². The Morgan fingerprint density at radius 1 is 0.622 bits per heavy atom. The Bertz CT molecular complexity index is 1130. The van der Waals surface area contributed by atoms with Gasteiger partial charge in [0.2, 0.25) is 11.8 Å². The standard InChI is InChI=1S/2C15H19NOSi.Hf/c2*1-12-9-10-14(11-12)18(2,3)16-15(17)13-7-5-4-6-8-13;/h2*4-9,11H,10H2,1-3H3,(H,16,17);. The van der Waals surface area contributed by atoms with E-state index in [0.717, 1.165) is 24.0 Å². The van der Waals surface area contributed by atoms with Crippen LogP contribution in [0.4, 0.5) is 0 Å². The molecule has 2 aromatic rings. The average Bonchev–Trinajstić information content (AvgIpc) is 3.49. The second-order valence-electron chi connectivity index (χ2n) is 10.5. The first-order valence-corrected chi connectivity index (χ1v) is 18.5. The van der Waals surface area contributed by atoms with E-state index in [-0.39, 0.29) is 37.7 Å². The first kappa shape index (κ1) is 30.9. The zero-order valence-electron chi connectivity index (χ0n) is 22.8. The maximum atomic E-state index is 12.2. The van der Waals surface area contributed by atoms with E-state index >= 15 is 0 Å². The van der Waals surface area contributed by atoms with Gasteiger partial charge < -0.3 is 9.96 Å². The third kappa shape index (κ3) is 8.87. The van der Waals surface area contributed by atoms with Crippen LogP contribution in [0.15, 0.2) is 107 Å². The van der Waals surface area contributed by atoms with E-state index in [4.69, 9.17) is 0 Å². The predicted molar refractivity (Wildman–Crippen MR) is 156 cm³/mol. The van der Waals surface area contributed by atoms with Crippen molar-refractivity contribution < 1.29 is 35.4 Å². The molecular weight excluding hydrogens is 655 g/mol. The molecule has 2 N–H and O–H groups in total. The third-order valence-corrected chi connectivity index (χ3v) is 12.2. The third-order valence-electron chi connectivity index (χ3n) is 6.62. The van der Waals surface area contributed by atoms with Gasteiger partial charge in [0.15, 0.2) is 16.5 Å². The summed E-state index contributed by atoms with van der Waals surface area (Å²) >= 11 is 0. The Labute approximate surface area is 243 Å². The molecule has 0 atom stereocenters. The van der Waals surface area contributed by atoms with Crippen molar-refractivity contribution in [2.45, 2.75) is 52.9 Å². The van der Waals surface area contributed by atoms with Crippen molar-refractivity contribution >= 4 is 28.3 Å². The van der Waals surface area contributed by atoms with E-state index in [2.05, 4.69) is 74.3 Å². The summed E-state index contributed by atoms with van der Waals surface area (Å²) in [5, 5.41) is 2.79. The van der Waals surface area contributed by atoms with E-state index in [0.29, 0.717) is 0 Å². The molecule has 0 aliphatic heterocycles. The van der Waals surface area contributed by atoms with Gasteiger partial charge in [-0.25, -0.2) is 0 Å². The summed E-state index contributed by atoms with van der Waals surface area (Å²) in [6.07, 6.45) is 10.9. The van der Waals surface area contributed by atoms with Crippen molar-refractivity contribution in [1.82, 2.24) is 9.96 Å². The van der Waals surface area contributed by atoms with Crippen LogP contribution in [0.25, 0.3) is 0 Å². The van der Waals surface area contributed by atoms with E-state index < -0.39 is 16.5 Å². The molecule has 7 heteroatoms. The molecule has 0 fully saturated rings. The number of carbonyl (C=O) groups excluding carboxylic acids is 2. The second kappa shape index (κ2) is 13.4. The molecule has 0 unspecified atom stereocenters. The number of rotatable bonds is 6. The minimum atomic E-state index is -1.85. The van der Waals surface area contributed by atoms with Crippen LogP contribution in [-0.2, 0) is 25.8 Å². The number of benzene rings is 2. The normalized spacial score (nSPS) is 14.6. The van der Waals surface area contributed by atoms with Crippen LogP contribution in [0.5, 0.6) is 0 Å². The van der Waals surface area contributed by atoms with Crippen LogP contribution in [0.3, 0.4) is 0 Å². The monoisotopic (exact) mass is 694 g/mol. The van der Waals surface area contributed by atoms with Crippen molar-refractivity contribution in [3.8, 4) is 0 Å².